The Hall–Kier alpha value is -0.860. The van der Waals surface area contributed by atoms with Gasteiger partial charge in [0, 0.05) is 19.6 Å². The van der Waals surface area contributed by atoms with Crippen molar-refractivity contribution < 1.29 is 27.8 Å². The van der Waals surface area contributed by atoms with Crippen molar-refractivity contribution in [2.75, 3.05) is 39.4 Å². The number of hydrogen-bond donors (Lipinski definition) is 1. The number of ether oxygens (including phenoxy) is 1. The number of halogens is 3. The van der Waals surface area contributed by atoms with Crippen molar-refractivity contribution in [2.45, 2.75) is 31.2 Å². The standard InChI is InChI=1S/C12H19F3N2O3/c13-12(14,15)10(18)8-17-3-1-2-9(17)11(19)16-4-6-20-7-5-16/h9-10,18H,1-8H2. The molecule has 1 amide bonds. The van der Waals surface area contributed by atoms with E-state index in [4.69, 9.17) is 9.84 Å². The maximum Gasteiger partial charge on any atom is 0.415 e. The predicted molar refractivity (Wildman–Crippen MR) is 64.1 cm³/mol. The van der Waals surface area contributed by atoms with E-state index in [1.165, 1.54) is 4.90 Å². The molecule has 0 aromatic heterocycles. The fourth-order valence-electron chi connectivity index (χ4n) is 2.64. The summed E-state index contributed by atoms with van der Waals surface area (Å²) in [5.74, 6) is -0.153. The second kappa shape index (κ2) is 6.28. The van der Waals surface area contributed by atoms with Crippen LogP contribution in [-0.2, 0) is 9.53 Å². The normalized spacial score (nSPS) is 26.8. The van der Waals surface area contributed by atoms with E-state index in [-0.39, 0.29) is 5.91 Å². The van der Waals surface area contributed by atoms with Gasteiger partial charge < -0.3 is 14.7 Å². The van der Waals surface area contributed by atoms with E-state index in [0.29, 0.717) is 45.7 Å². The summed E-state index contributed by atoms with van der Waals surface area (Å²) in [4.78, 5) is 15.4. The van der Waals surface area contributed by atoms with Gasteiger partial charge in [0.1, 0.15) is 0 Å². The van der Waals surface area contributed by atoms with Crippen LogP contribution in [0.25, 0.3) is 0 Å². The summed E-state index contributed by atoms with van der Waals surface area (Å²) in [5.41, 5.74) is 0. The first kappa shape index (κ1) is 15.5. The molecule has 2 aliphatic heterocycles. The highest BCUT2D eigenvalue weighted by molar-refractivity contribution is 5.82. The minimum Gasteiger partial charge on any atom is -0.382 e. The molecule has 0 saturated carbocycles. The van der Waals surface area contributed by atoms with E-state index in [2.05, 4.69) is 0 Å². The molecule has 0 radical (unpaired) electrons. The summed E-state index contributed by atoms with van der Waals surface area (Å²) in [6.45, 7) is 1.75. The number of aliphatic hydroxyl groups is 1. The van der Waals surface area contributed by atoms with Crippen molar-refractivity contribution in [3.63, 3.8) is 0 Å². The molecule has 2 aliphatic rings. The highest BCUT2D eigenvalue weighted by atomic mass is 19.4. The van der Waals surface area contributed by atoms with Crippen LogP contribution < -0.4 is 0 Å². The van der Waals surface area contributed by atoms with E-state index in [1.807, 2.05) is 0 Å². The van der Waals surface area contributed by atoms with Crippen molar-refractivity contribution in [3.8, 4) is 0 Å². The number of β-amino-alcohol motifs (C(OH)–C–C–N with tert-alkyl or cyclic N) is 1. The van der Waals surface area contributed by atoms with Crippen LogP contribution in [-0.4, -0.2) is 78.5 Å². The lowest BCUT2D eigenvalue weighted by Crippen LogP contribution is -2.52. The van der Waals surface area contributed by atoms with Gasteiger partial charge in [0.25, 0.3) is 0 Å². The molecule has 5 nitrogen and oxygen atoms in total. The van der Waals surface area contributed by atoms with Crippen LogP contribution in [0.3, 0.4) is 0 Å². The summed E-state index contributed by atoms with van der Waals surface area (Å²) < 4.78 is 42.3. The van der Waals surface area contributed by atoms with E-state index in [0.717, 1.165) is 0 Å². The number of alkyl halides is 3. The zero-order valence-electron chi connectivity index (χ0n) is 11.1. The minimum atomic E-state index is -4.64. The van der Waals surface area contributed by atoms with Gasteiger partial charge in [-0.05, 0) is 19.4 Å². The van der Waals surface area contributed by atoms with Crippen LogP contribution >= 0.6 is 0 Å². The Morgan fingerprint density at radius 1 is 1.30 bits per heavy atom. The third kappa shape index (κ3) is 3.62. The average Bonchev–Trinajstić information content (AvgIpc) is 2.86. The Bertz CT molecular complexity index is 345. The van der Waals surface area contributed by atoms with Crippen LogP contribution in [0.4, 0.5) is 13.2 Å². The lowest BCUT2D eigenvalue weighted by molar-refractivity contribution is -0.209. The molecule has 1 N–H and O–H groups in total. The topological polar surface area (TPSA) is 53.0 Å². The van der Waals surface area contributed by atoms with Gasteiger partial charge in [-0.2, -0.15) is 13.2 Å². The van der Waals surface area contributed by atoms with Gasteiger partial charge in [-0.25, -0.2) is 0 Å². The predicted octanol–water partition coefficient (Wildman–Crippen LogP) is 0.233. The zero-order valence-corrected chi connectivity index (χ0v) is 11.1. The first-order chi connectivity index (χ1) is 9.39. The van der Waals surface area contributed by atoms with E-state index >= 15 is 0 Å². The van der Waals surface area contributed by atoms with E-state index in [1.54, 1.807) is 4.90 Å². The Labute approximate surface area is 115 Å². The number of rotatable bonds is 3. The first-order valence-electron chi connectivity index (χ1n) is 6.75. The Balaban J connectivity index is 1.94. The van der Waals surface area contributed by atoms with Crippen molar-refractivity contribution in [2.24, 2.45) is 0 Å². The van der Waals surface area contributed by atoms with Crippen LogP contribution in [0, 0.1) is 0 Å². The van der Waals surface area contributed by atoms with Gasteiger partial charge >= 0.3 is 6.18 Å². The van der Waals surface area contributed by atoms with Crippen LogP contribution in [0.2, 0.25) is 0 Å². The van der Waals surface area contributed by atoms with Gasteiger partial charge in [0.15, 0.2) is 6.10 Å². The molecule has 0 aromatic rings. The molecular weight excluding hydrogens is 277 g/mol. The quantitative estimate of drug-likeness (QED) is 0.810. The minimum absolute atomic E-state index is 0.153. The fraction of sp³-hybridized carbons (Fsp3) is 0.917. The highest BCUT2D eigenvalue weighted by Crippen LogP contribution is 2.25. The number of likely N-dealkylation sites (tertiary alicyclic amines) is 1. The first-order valence-corrected chi connectivity index (χ1v) is 6.75. The van der Waals surface area contributed by atoms with Crippen molar-refractivity contribution >= 4 is 5.91 Å². The van der Waals surface area contributed by atoms with E-state index in [9.17, 15) is 18.0 Å². The SMILES string of the molecule is O=C(C1CCCN1CC(O)C(F)(F)F)N1CCOCC1. The summed E-state index contributed by atoms with van der Waals surface area (Å²) in [5, 5.41) is 9.14. The monoisotopic (exact) mass is 296 g/mol. The van der Waals surface area contributed by atoms with Crippen molar-refractivity contribution in [1.82, 2.24) is 9.80 Å². The molecule has 20 heavy (non-hydrogen) atoms. The molecule has 2 rings (SSSR count). The van der Waals surface area contributed by atoms with Crippen molar-refractivity contribution in [3.05, 3.63) is 0 Å². The number of nitrogens with zero attached hydrogens (tertiary/aromatic N) is 2. The summed E-state index contributed by atoms with van der Waals surface area (Å²) in [7, 11) is 0. The number of amides is 1. The van der Waals surface area contributed by atoms with Gasteiger partial charge in [-0.1, -0.05) is 0 Å². The third-order valence-corrected chi connectivity index (χ3v) is 3.76. The zero-order chi connectivity index (χ0) is 14.8. The van der Waals surface area contributed by atoms with Crippen LogP contribution in [0.1, 0.15) is 12.8 Å². The van der Waals surface area contributed by atoms with Gasteiger partial charge in [-0.15, -0.1) is 0 Å². The third-order valence-electron chi connectivity index (χ3n) is 3.76. The van der Waals surface area contributed by atoms with Crippen LogP contribution in [0.5, 0.6) is 0 Å². The van der Waals surface area contributed by atoms with Gasteiger partial charge in [0.05, 0.1) is 19.3 Å². The van der Waals surface area contributed by atoms with Crippen LogP contribution in [0.15, 0.2) is 0 Å². The molecule has 0 aromatic carbocycles. The lowest BCUT2D eigenvalue weighted by atomic mass is 10.1. The molecule has 2 unspecified atom stereocenters. The highest BCUT2D eigenvalue weighted by Gasteiger charge is 2.42. The number of hydrogen-bond acceptors (Lipinski definition) is 4. The van der Waals surface area contributed by atoms with Gasteiger partial charge in [-0.3, -0.25) is 9.69 Å². The molecule has 116 valence electrons. The van der Waals surface area contributed by atoms with Gasteiger partial charge in [0.2, 0.25) is 5.91 Å². The van der Waals surface area contributed by atoms with E-state index < -0.39 is 24.9 Å². The number of aliphatic hydroxyl groups excluding tert-OH is 1. The molecule has 0 aliphatic carbocycles. The second-order valence-electron chi connectivity index (χ2n) is 5.15. The summed E-state index contributed by atoms with van der Waals surface area (Å²) in [6.07, 6.45) is -5.83. The maximum atomic E-state index is 12.4. The molecule has 2 heterocycles. The largest absolute Gasteiger partial charge is 0.415 e. The number of carbonyl (C=O) groups is 1. The molecule has 8 heteroatoms. The lowest BCUT2D eigenvalue weighted by Gasteiger charge is -2.33. The molecular formula is C12H19F3N2O3. The Kier molecular flexibility index (Phi) is 4.87. The number of morpholine rings is 1. The molecule has 2 fully saturated rings. The molecule has 0 spiro atoms. The summed E-state index contributed by atoms with van der Waals surface area (Å²) >= 11 is 0. The average molecular weight is 296 g/mol. The number of carbonyl (C=O) groups excluding carboxylic acids is 1. The Morgan fingerprint density at radius 3 is 2.55 bits per heavy atom. The Morgan fingerprint density at radius 2 is 1.95 bits per heavy atom. The second-order valence-corrected chi connectivity index (χ2v) is 5.15. The summed E-state index contributed by atoms with van der Waals surface area (Å²) in [6, 6.07) is -0.551. The maximum absolute atomic E-state index is 12.4. The smallest absolute Gasteiger partial charge is 0.382 e. The molecule has 2 saturated heterocycles. The van der Waals surface area contributed by atoms with Crippen molar-refractivity contribution in [1.29, 1.82) is 0 Å². The fourth-order valence-corrected chi connectivity index (χ4v) is 2.64. The molecule has 0 bridgehead atoms. The molecule has 2 atom stereocenters.